The van der Waals surface area contributed by atoms with Crippen molar-refractivity contribution in [1.82, 2.24) is 14.2 Å². The Morgan fingerprint density at radius 1 is 1.17 bits per heavy atom. The highest BCUT2D eigenvalue weighted by Gasteiger charge is 2.29. The number of carbonyl (C=O) groups excluding carboxylic acids is 1. The molecule has 36 heavy (non-hydrogen) atoms. The minimum Gasteiger partial charge on any atom is -0.494 e. The first-order valence-electron chi connectivity index (χ1n) is 12.3. The Kier molecular flexibility index (Phi) is 8.29. The van der Waals surface area contributed by atoms with E-state index in [1.54, 1.807) is 33.5 Å². The molecule has 1 unspecified atom stereocenters. The predicted octanol–water partition coefficient (Wildman–Crippen LogP) is 4.32. The molecule has 4 rings (SSSR count). The van der Waals surface area contributed by atoms with Gasteiger partial charge in [-0.15, -0.1) is 0 Å². The molecule has 1 saturated heterocycles. The van der Waals surface area contributed by atoms with Crippen LogP contribution in [0.25, 0.3) is 10.2 Å². The summed E-state index contributed by atoms with van der Waals surface area (Å²) in [6.45, 7) is 6.77. The van der Waals surface area contributed by atoms with E-state index in [1.807, 2.05) is 44.1 Å². The lowest BCUT2D eigenvalue weighted by atomic mass is 10.0. The number of ether oxygens (including phenoxy) is 1. The van der Waals surface area contributed by atoms with Crippen molar-refractivity contribution in [2.24, 2.45) is 5.92 Å². The first-order valence-corrected chi connectivity index (χ1v) is 14.5. The van der Waals surface area contributed by atoms with Gasteiger partial charge in [0.05, 0.1) is 21.7 Å². The summed E-state index contributed by atoms with van der Waals surface area (Å²) < 4.78 is 34.4. The number of hydrogen-bond donors (Lipinski definition) is 0. The lowest BCUT2D eigenvalue weighted by Crippen LogP contribution is -2.39. The van der Waals surface area contributed by atoms with Gasteiger partial charge in [-0.2, -0.15) is 4.31 Å². The lowest BCUT2D eigenvalue weighted by molar-refractivity contribution is 0.0985. The van der Waals surface area contributed by atoms with Crippen LogP contribution in [0.2, 0.25) is 0 Å². The van der Waals surface area contributed by atoms with Crippen molar-refractivity contribution in [3.05, 3.63) is 48.0 Å². The van der Waals surface area contributed by atoms with Crippen LogP contribution >= 0.6 is 11.3 Å². The van der Waals surface area contributed by atoms with Gasteiger partial charge in [-0.1, -0.05) is 18.3 Å². The van der Waals surface area contributed by atoms with Crippen LogP contribution in [-0.4, -0.2) is 75.4 Å². The van der Waals surface area contributed by atoms with Crippen LogP contribution in [-0.2, 0) is 10.0 Å². The third kappa shape index (κ3) is 5.88. The van der Waals surface area contributed by atoms with Crippen LogP contribution in [0.1, 0.15) is 37.0 Å². The van der Waals surface area contributed by atoms with Crippen LogP contribution in [0.15, 0.2) is 47.4 Å². The summed E-state index contributed by atoms with van der Waals surface area (Å²) in [5, 5.41) is 0.601. The maximum absolute atomic E-state index is 13.6. The summed E-state index contributed by atoms with van der Waals surface area (Å²) >= 11 is 1.44. The van der Waals surface area contributed by atoms with Crippen molar-refractivity contribution in [3.63, 3.8) is 0 Å². The fraction of sp³-hybridized carbons (Fsp3) is 0.462. The van der Waals surface area contributed by atoms with E-state index in [0.29, 0.717) is 49.4 Å². The number of thiazole rings is 1. The van der Waals surface area contributed by atoms with Gasteiger partial charge in [0.2, 0.25) is 10.0 Å². The predicted molar refractivity (Wildman–Crippen MR) is 145 cm³/mol. The number of benzene rings is 2. The summed E-state index contributed by atoms with van der Waals surface area (Å²) in [6, 6.07) is 12.0. The molecular formula is C26H34N4O4S2. The van der Waals surface area contributed by atoms with Gasteiger partial charge >= 0.3 is 0 Å². The highest BCUT2D eigenvalue weighted by molar-refractivity contribution is 7.89. The third-order valence-electron chi connectivity index (χ3n) is 6.27. The molecule has 0 spiro atoms. The van der Waals surface area contributed by atoms with Crippen molar-refractivity contribution in [2.45, 2.75) is 31.6 Å². The summed E-state index contributed by atoms with van der Waals surface area (Å²) in [5.74, 6) is 0.904. The maximum atomic E-state index is 13.6. The Hall–Kier alpha value is -2.53. The van der Waals surface area contributed by atoms with E-state index >= 15 is 0 Å². The van der Waals surface area contributed by atoms with Crippen molar-refractivity contribution in [1.29, 1.82) is 0 Å². The summed E-state index contributed by atoms with van der Waals surface area (Å²) in [7, 11) is 0.332. The fourth-order valence-corrected chi connectivity index (χ4v) is 6.90. The summed E-state index contributed by atoms with van der Waals surface area (Å²) in [5.41, 5.74) is 1.23. The van der Waals surface area contributed by atoms with Crippen molar-refractivity contribution < 1.29 is 17.9 Å². The molecule has 1 amide bonds. The molecule has 1 aliphatic rings. The fourth-order valence-electron chi connectivity index (χ4n) is 4.29. The first kappa shape index (κ1) is 26.5. The second-order valence-corrected chi connectivity index (χ2v) is 12.4. The molecule has 194 valence electrons. The number of amides is 1. The Morgan fingerprint density at radius 2 is 1.92 bits per heavy atom. The monoisotopic (exact) mass is 530 g/mol. The van der Waals surface area contributed by atoms with Crippen molar-refractivity contribution in [3.8, 4) is 5.75 Å². The number of aromatic nitrogens is 1. The van der Waals surface area contributed by atoms with Gasteiger partial charge in [-0.05, 0) is 82.2 Å². The highest BCUT2D eigenvalue weighted by atomic mass is 32.2. The highest BCUT2D eigenvalue weighted by Crippen LogP contribution is 2.32. The molecule has 0 bridgehead atoms. The number of anilines is 1. The maximum Gasteiger partial charge on any atom is 0.260 e. The number of piperidine rings is 1. The first-order chi connectivity index (χ1) is 17.2. The second kappa shape index (κ2) is 11.2. The number of nitrogens with zero attached hydrogens (tertiary/aromatic N) is 4. The molecule has 0 radical (unpaired) electrons. The van der Waals surface area contributed by atoms with Gasteiger partial charge in [0, 0.05) is 31.7 Å². The van der Waals surface area contributed by atoms with Gasteiger partial charge in [0.1, 0.15) is 5.75 Å². The normalized spacial score (nSPS) is 17.0. The van der Waals surface area contributed by atoms with Gasteiger partial charge in [0.15, 0.2) is 5.13 Å². The summed E-state index contributed by atoms with van der Waals surface area (Å²) in [6.07, 6.45) is 1.91. The molecule has 3 aromatic rings. The largest absolute Gasteiger partial charge is 0.494 e. The Morgan fingerprint density at radius 3 is 2.58 bits per heavy atom. The van der Waals surface area contributed by atoms with E-state index in [4.69, 9.17) is 9.72 Å². The quantitative estimate of drug-likeness (QED) is 0.410. The molecular weight excluding hydrogens is 496 g/mol. The molecule has 1 aromatic heterocycles. The Balaban J connectivity index is 1.60. The molecule has 2 aromatic carbocycles. The van der Waals surface area contributed by atoms with Crippen LogP contribution in [0.5, 0.6) is 5.75 Å². The molecule has 1 atom stereocenters. The minimum atomic E-state index is -3.58. The van der Waals surface area contributed by atoms with Crippen LogP contribution < -0.4 is 9.64 Å². The van der Waals surface area contributed by atoms with E-state index in [0.717, 1.165) is 28.8 Å². The van der Waals surface area contributed by atoms with E-state index in [2.05, 4.69) is 6.92 Å². The van der Waals surface area contributed by atoms with E-state index in [1.165, 1.54) is 11.3 Å². The average molecular weight is 531 g/mol. The van der Waals surface area contributed by atoms with E-state index in [9.17, 15) is 13.2 Å². The lowest BCUT2D eigenvalue weighted by Gasteiger charge is -2.30. The number of sulfonamides is 1. The molecule has 1 aliphatic heterocycles. The van der Waals surface area contributed by atoms with Gasteiger partial charge in [0.25, 0.3) is 5.91 Å². The zero-order valence-electron chi connectivity index (χ0n) is 21.3. The van der Waals surface area contributed by atoms with Crippen LogP contribution in [0, 0.1) is 5.92 Å². The van der Waals surface area contributed by atoms with Gasteiger partial charge in [-0.3, -0.25) is 9.69 Å². The molecule has 0 aliphatic carbocycles. The van der Waals surface area contributed by atoms with E-state index < -0.39 is 10.0 Å². The number of fused-ring (bicyclic) bond motifs is 1. The standard InChI is InChI=1S/C26H34N4O4S2/c1-5-34-21-10-13-23-24(17-21)35-26(27-23)30(16-15-28(3)4)25(31)20-8-11-22(12-9-20)36(32,33)29-14-6-7-19(2)18-29/h8-13,17,19H,5-7,14-16,18H2,1-4H3. The third-order valence-corrected chi connectivity index (χ3v) is 9.19. The molecule has 0 saturated carbocycles. The molecule has 2 heterocycles. The number of likely N-dealkylation sites (N-methyl/N-ethyl adjacent to an activating group) is 1. The van der Waals surface area contributed by atoms with Crippen LogP contribution in [0.3, 0.4) is 0 Å². The number of hydrogen-bond acceptors (Lipinski definition) is 7. The zero-order chi connectivity index (χ0) is 25.9. The SMILES string of the molecule is CCOc1ccc2nc(N(CCN(C)C)C(=O)c3ccc(S(=O)(=O)N4CCCC(C)C4)cc3)sc2c1. The topological polar surface area (TPSA) is 83.0 Å². The summed E-state index contributed by atoms with van der Waals surface area (Å²) in [4.78, 5) is 22.2. The van der Waals surface area contributed by atoms with Gasteiger partial charge < -0.3 is 9.64 Å². The van der Waals surface area contributed by atoms with Crippen LogP contribution in [0.4, 0.5) is 5.13 Å². The minimum absolute atomic E-state index is 0.212. The van der Waals surface area contributed by atoms with Crippen molar-refractivity contribution in [2.75, 3.05) is 51.8 Å². The number of carbonyl (C=O) groups is 1. The molecule has 8 nitrogen and oxygen atoms in total. The average Bonchev–Trinajstić information content (AvgIpc) is 3.27. The zero-order valence-corrected chi connectivity index (χ0v) is 22.9. The molecule has 0 N–H and O–H groups in total. The molecule has 1 fully saturated rings. The smallest absolute Gasteiger partial charge is 0.260 e. The van der Waals surface area contributed by atoms with E-state index in [-0.39, 0.29) is 10.8 Å². The van der Waals surface area contributed by atoms with Gasteiger partial charge in [-0.25, -0.2) is 13.4 Å². The number of rotatable bonds is 9. The Bertz CT molecular complexity index is 1310. The molecule has 10 heteroatoms. The van der Waals surface area contributed by atoms with Crippen molar-refractivity contribution >= 4 is 42.6 Å². The second-order valence-electron chi connectivity index (χ2n) is 9.45. The Labute approximate surface area is 217 Å².